The minimum absolute atomic E-state index is 0.0183. The fourth-order valence-corrected chi connectivity index (χ4v) is 4.24. The quantitative estimate of drug-likeness (QED) is 0.483. The number of nitrogens with one attached hydrogen (secondary N) is 1. The average Bonchev–Trinajstić information content (AvgIpc) is 3.58. The van der Waals surface area contributed by atoms with E-state index in [1.54, 1.807) is 17.3 Å². The summed E-state index contributed by atoms with van der Waals surface area (Å²) in [6.07, 6.45) is 5.57. The standard InChI is InChI=1S/C22H20N8O3/c31-20(30-6-5-17-18(12-30)26-29-25-17)9-19-27-28-21(33-19)15-10-23-22(24-11-15)32-16-7-13-3-1-2-4-14(13)8-16/h1-4,10-11,16H,5-9,12H2,(H,25,26,29). The Morgan fingerprint density at radius 2 is 1.85 bits per heavy atom. The van der Waals surface area contributed by atoms with Gasteiger partial charge in [0, 0.05) is 38.2 Å². The Morgan fingerprint density at radius 1 is 1.09 bits per heavy atom. The molecule has 0 spiro atoms. The van der Waals surface area contributed by atoms with Crippen LogP contribution in [0.4, 0.5) is 0 Å². The first kappa shape index (κ1) is 19.5. The van der Waals surface area contributed by atoms with Gasteiger partial charge >= 0.3 is 6.01 Å². The van der Waals surface area contributed by atoms with Crippen molar-refractivity contribution in [2.75, 3.05) is 6.54 Å². The Bertz CT molecular complexity index is 1270. The first-order valence-electron chi connectivity index (χ1n) is 10.8. The van der Waals surface area contributed by atoms with E-state index in [4.69, 9.17) is 9.15 Å². The molecule has 2 aliphatic rings. The SMILES string of the molecule is O=C(Cc1nnc(-c2cnc(OC3Cc4ccccc4C3)nc2)o1)N1CCc2n[nH]nc2C1. The van der Waals surface area contributed by atoms with E-state index in [2.05, 4.69) is 47.7 Å². The lowest BCUT2D eigenvalue weighted by Gasteiger charge is -2.24. The highest BCUT2D eigenvalue weighted by atomic mass is 16.5. The zero-order valence-electron chi connectivity index (χ0n) is 17.6. The zero-order chi connectivity index (χ0) is 22.2. The third-order valence-electron chi connectivity index (χ3n) is 5.94. The van der Waals surface area contributed by atoms with Crippen molar-refractivity contribution in [2.45, 2.75) is 38.3 Å². The number of H-pyrrole nitrogens is 1. The third kappa shape index (κ3) is 3.93. The van der Waals surface area contributed by atoms with Gasteiger partial charge in [0.15, 0.2) is 0 Å². The molecular weight excluding hydrogens is 424 g/mol. The summed E-state index contributed by atoms with van der Waals surface area (Å²) in [4.78, 5) is 22.9. The third-order valence-corrected chi connectivity index (χ3v) is 5.94. The molecular formula is C22H20N8O3. The van der Waals surface area contributed by atoms with Crippen LogP contribution in [-0.2, 0) is 37.0 Å². The van der Waals surface area contributed by atoms with Crippen LogP contribution < -0.4 is 4.74 Å². The predicted molar refractivity (Wildman–Crippen MR) is 113 cm³/mol. The second-order valence-electron chi connectivity index (χ2n) is 8.13. The lowest BCUT2D eigenvalue weighted by atomic mass is 10.1. The van der Waals surface area contributed by atoms with E-state index >= 15 is 0 Å². The monoisotopic (exact) mass is 444 g/mol. The number of aromatic amines is 1. The highest BCUT2D eigenvalue weighted by molar-refractivity contribution is 5.78. The van der Waals surface area contributed by atoms with Crippen LogP contribution in [-0.4, -0.2) is 59.0 Å². The van der Waals surface area contributed by atoms with Crippen LogP contribution in [0.1, 0.15) is 28.4 Å². The lowest BCUT2D eigenvalue weighted by molar-refractivity contribution is -0.131. The molecule has 1 amide bonds. The van der Waals surface area contributed by atoms with Crippen LogP contribution in [0.25, 0.3) is 11.5 Å². The predicted octanol–water partition coefficient (Wildman–Crippen LogP) is 1.32. The molecule has 33 heavy (non-hydrogen) atoms. The van der Waals surface area contributed by atoms with Gasteiger partial charge in [0.2, 0.25) is 11.8 Å². The molecule has 1 aliphatic heterocycles. The summed E-state index contributed by atoms with van der Waals surface area (Å²) in [5.41, 5.74) is 4.87. The number of aromatic nitrogens is 7. The van der Waals surface area contributed by atoms with Crippen molar-refractivity contribution in [2.24, 2.45) is 0 Å². The van der Waals surface area contributed by atoms with E-state index in [9.17, 15) is 4.79 Å². The normalized spacial score (nSPS) is 15.3. The van der Waals surface area contributed by atoms with Crippen molar-refractivity contribution in [1.82, 2.24) is 40.5 Å². The second kappa shape index (κ2) is 8.08. The van der Waals surface area contributed by atoms with Gasteiger partial charge in [-0.2, -0.15) is 15.4 Å². The van der Waals surface area contributed by atoms with Crippen molar-refractivity contribution in [3.63, 3.8) is 0 Å². The summed E-state index contributed by atoms with van der Waals surface area (Å²) in [6.45, 7) is 1.01. The van der Waals surface area contributed by atoms with Gasteiger partial charge in [-0.25, -0.2) is 9.97 Å². The van der Waals surface area contributed by atoms with Crippen molar-refractivity contribution >= 4 is 5.91 Å². The van der Waals surface area contributed by atoms with Crippen molar-refractivity contribution < 1.29 is 13.9 Å². The first-order chi connectivity index (χ1) is 16.2. The highest BCUT2D eigenvalue weighted by Gasteiger charge is 2.26. The number of rotatable bonds is 5. The number of carbonyl (C=O) groups is 1. The van der Waals surface area contributed by atoms with Crippen molar-refractivity contribution in [1.29, 1.82) is 0 Å². The van der Waals surface area contributed by atoms with Gasteiger partial charge < -0.3 is 14.1 Å². The topological polar surface area (TPSA) is 136 Å². The lowest BCUT2D eigenvalue weighted by Crippen LogP contribution is -2.37. The van der Waals surface area contributed by atoms with Gasteiger partial charge in [-0.1, -0.05) is 24.3 Å². The molecule has 0 saturated heterocycles. The number of nitrogens with zero attached hydrogens (tertiary/aromatic N) is 7. The molecule has 166 valence electrons. The molecule has 0 atom stereocenters. The Hall–Kier alpha value is -4.15. The van der Waals surface area contributed by atoms with Gasteiger partial charge in [0.05, 0.1) is 17.8 Å². The van der Waals surface area contributed by atoms with E-state index in [-0.39, 0.29) is 30.2 Å². The van der Waals surface area contributed by atoms with E-state index in [1.165, 1.54) is 11.1 Å². The number of ether oxygens (including phenoxy) is 1. The molecule has 4 aromatic rings. The molecule has 1 aromatic carbocycles. The van der Waals surface area contributed by atoms with E-state index in [1.807, 2.05) is 12.1 Å². The summed E-state index contributed by atoms with van der Waals surface area (Å²) in [7, 11) is 0. The number of amides is 1. The fourth-order valence-electron chi connectivity index (χ4n) is 4.24. The summed E-state index contributed by atoms with van der Waals surface area (Å²) < 4.78 is 11.6. The molecule has 4 heterocycles. The molecule has 11 heteroatoms. The van der Waals surface area contributed by atoms with Gasteiger partial charge in [-0.05, 0) is 11.1 Å². The summed E-state index contributed by atoms with van der Waals surface area (Å²) in [5, 5.41) is 18.8. The fraction of sp³-hybridized carbons (Fsp3) is 0.318. The second-order valence-corrected chi connectivity index (χ2v) is 8.13. The van der Waals surface area contributed by atoms with E-state index in [0.29, 0.717) is 31.1 Å². The van der Waals surface area contributed by atoms with Gasteiger partial charge in [-0.15, -0.1) is 10.2 Å². The molecule has 0 radical (unpaired) electrons. The van der Waals surface area contributed by atoms with E-state index < -0.39 is 0 Å². The van der Waals surface area contributed by atoms with Gasteiger partial charge in [0.25, 0.3) is 5.89 Å². The summed E-state index contributed by atoms with van der Waals surface area (Å²) >= 11 is 0. The number of hydrogen-bond donors (Lipinski definition) is 1. The minimum atomic E-state index is -0.101. The molecule has 3 aromatic heterocycles. The van der Waals surface area contributed by atoms with Crippen LogP contribution >= 0.6 is 0 Å². The Morgan fingerprint density at radius 3 is 2.64 bits per heavy atom. The number of hydrogen-bond acceptors (Lipinski definition) is 9. The molecule has 1 N–H and O–H groups in total. The number of benzene rings is 1. The van der Waals surface area contributed by atoms with Crippen molar-refractivity contribution in [3.8, 4) is 17.5 Å². The van der Waals surface area contributed by atoms with Crippen LogP contribution in [0.15, 0.2) is 41.1 Å². The van der Waals surface area contributed by atoms with Gasteiger partial charge in [-0.3, -0.25) is 4.79 Å². The smallest absolute Gasteiger partial charge is 0.316 e. The van der Waals surface area contributed by atoms with Gasteiger partial charge in [0.1, 0.15) is 18.2 Å². The Kier molecular flexibility index (Phi) is 4.78. The molecule has 0 bridgehead atoms. The van der Waals surface area contributed by atoms with E-state index in [0.717, 1.165) is 24.2 Å². The van der Waals surface area contributed by atoms with Crippen LogP contribution in [0.2, 0.25) is 0 Å². The maximum absolute atomic E-state index is 12.6. The van der Waals surface area contributed by atoms with Crippen LogP contribution in [0.3, 0.4) is 0 Å². The average molecular weight is 444 g/mol. The number of fused-ring (bicyclic) bond motifs is 2. The molecule has 0 fully saturated rings. The molecule has 1 aliphatic carbocycles. The minimum Gasteiger partial charge on any atom is -0.459 e. The summed E-state index contributed by atoms with van der Waals surface area (Å²) in [6, 6.07) is 8.63. The number of carbonyl (C=O) groups excluding carboxylic acids is 1. The molecule has 0 unspecified atom stereocenters. The molecule has 6 rings (SSSR count). The molecule has 11 nitrogen and oxygen atoms in total. The van der Waals surface area contributed by atoms with Crippen LogP contribution in [0.5, 0.6) is 6.01 Å². The largest absolute Gasteiger partial charge is 0.459 e. The molecule has 0 saturated carbocycles. The Labute approximate surface area is 188 Å². The Balaban J connectivity index is 1.07. The first-order valence-corrected chi connectivity index (χ1v) is 10.8. The maximum Gasteiger partial charge on any atom is 0.316 e. The van der Waals surface area contributed by atoms with Crippen molar-refractivity contribution in [3.05, 3.63) is 65.1 Å². The summed E-state index contributed by atoms with van der Waals surface area (Å²) in [5.74, 6) is 0.399. The highest BCUT2D eigenvalue weighted by Crippen LogP contribution is 2.25. The zero-order valence-corrected chi connectivity index (χ0v) is 17.6. The van der Waals surface area contributed by atoms with Crippen LogP contribution in [0, 0.1) is 0 Å². The maximum atomic E-state index is 12.6.